The number of ketones is 1. The summed E-state index contributed by atoms with van der Waals surface area (Å²) in [4.78, 5) is 23.9. The number of halogens is 1. The molecule has 0 fully saturated rings. The molecule has 126 valence electrons. The van der Waals surface area contributed by atoms with Crippen molar-refractivity contribution in [2.45, 2.75) is 6.92 Å². The van der Waals surface area contributed by atoms with Gasteiger partial charge in [-0.15, -0.1) is 11.6 Å². The zero-order chi connectivity index (χ0) is 17.4. The molecule has 0 aromatic heterocycles. The number of carbonyl (C=O) groups excluding carboxylic acids is 2. The van der Waals surface area contributed by atoms with Gasteiger partial charge in [0.25, 0.3) is 0 Å². The third-order valence-electron chi connectivity index (χ3n) is 2.95. The van der Waals surface area contributed by atoms with E-state index in [9.17, 15) is 9.59 Å². The molecular weight excluding hydrogens is 324 g/mol. The van der Waals surface area contributed by atoms with Gasteiger partial charge in [0.1, 0.15) is 11.3 Å². The van der Waals surface area contributed by atoms with Crippen molar-refractivity contribution in [2.24, 2.45) is 0 Å². The third-order valence-corrected chi connectivity index (χ3v) is 3.20. The van der Waals surface area contributed by atoms with Crippen molar-refractivity contribution in [1.82, 2.24) is 0 Å². The molecule has 0 spiro atoms. The third kappa shape index (κ3) is 4.63. The van der Waals surface area contributed by atoms with Crippen LogP contribution in [0.2, 0.25) is 0 Å². The number of hydrogen-bond acceptors (Lipinski definition) is 6. The quantitative estimate of drug-likeness (QED) is 0.238. The van der Waals surface area contributed by atoms with Crippen LogP contribution >= 0.6 is 11.6 Å². The average Bonchev–Trinajstić information content (AvgIpc) is 2.58. The van der Waals surface area contributed by atoms with Gasteiger partial charge in [0, 0.05) is 11.6 Å². The number of ether oxygens (including phenoxy) is 4. The number of rotatable bonds is 8. The van der Waals surface area contributed by atoms with Gasteiger partial charge in [0.2, 0.25) is 0 Å². The van der Waals surface area contributed by atoms with Crippen LogP contribution in [0, 0.1) is 0 Å². The summed E-state index contributed by atoms with van der Waals surface area (Å²) in [5.41, 5.74) is 0.305. The van der Waals surface area contributed by atoms with Gasteiger partial charge in [-0.3, -0.25) is 4.79 Å². The maximum atomic E-state index is 12.0. The monoisotopic (exact) mass is 342 g/mol. The Morgan fingerprint density at radius 2 is 1.61 bits per heavy atom. The summed E-state index contributed by atoms with van der Waals surface area (Å²) in [6.45, 7) is 1.80. The molecule has 1 aromatic rings. The highest BCUT2D eigenvalue weighted by Crippen LogP contribution is 2.35. The SMILES string of the molecule is CCOC(=O)/C(=C\c1cc(OC)c(OC)cc1OC)C(=O)CCl. The van der Waals surface area contributed by atoms with Gasteiger partial charge in [-0.2, -0.15) is 0 Å². The topological polar surface area (TPSA) is 71.1 Å². The van der Waals surface area contributed by atoms with Gasteiger partial charge in [-0.1, -0.05) is 0 Å². The van der Waals surface area contributed by atoms with E-state index in [-0.39, 0.29) is 18.1 Å². The van der Waals surface area contributed by atoms with Crippen LogP contribution in [0.15, 0.2) is 17.7 Å². The average molecular weight is 343 g/mol. The van der Waals surface area contributed by atoms with Crippen LogP contribution in [0.4, 0.5) is 0 Å². The van der Waals surface area contributed by atoms with E-state index in [1.54, 1.807) is 19.1 Å². The Morgan fingerprint density at radius 3 is 2.09 bits per heavy atom. The highest BCUT2D eigenvalue weighted by Gasteiger charge is 2.20. The number of carbonyl (C=O) groups is 2. The van der Waals surface area contributed by atoms with Gasteiger partial charge < -0.3 is 18.9 Å². The molecule has 0 atom stereocenters. The Labute approximate surface area is 139 Å². The second-order valence-corrected chi connectivity index (χ2v) is 4.55. The van der Waals surface area contributed by atoms with Gasteiger partial charge in [-0.05, 0) is 19.1 Å². The zero-order valence-corrected chi connectivity index (χ0v) is 14.2. The number of methoxy groups -OCH3 is 3. The molecule has 0 saturated carbocycles. The lowest BCUT2D eigenvalue weighted by Gasteiger charge is -2.13. The normalized spacial score (nSPS) is 10.9. The van der Waals surface area contributed by atoms with Crippen LogP contribution in [0.25, 0.3) is 6.08 Å². The van der Waals surface area contributed by atoms with E-state index in [2.05, 4.69) is 0 Å². The predicted octanol–water partition coefficient (Wildman–Crippen LogP) is 2.47. The Balaban J connectivity index is 3.44. The van der Waals surface area contributed by atoms with Crippen LogP contribution in [0.5, 0.6) is 17.2 Å². The molecule has 0 heterocycles. The smallest absolute Gasteiger partial charge is 0.341 e. The van der Waals surface area contributed by atoms with Crippen LogP contribution in [0.1, 0.15) is 12.5 Å². The number of alkyl halides is 1. The molecule has 23 heavy (non-hydrogen) atoms. The van der Waals surface area contributed by atoms with E-state index in [0.717, 1.165) is 0 Å². The summed E-state index contributed by atoms with van der Waals surface area (Å²) in [6.07, 6.45) is 1.36. The summed E-state index contributed by atoms with van der Waals surface area (Å²) in [7, 11) is 4.44. The van der Waals surface area contributed by atoms with Crippen molar-refractivity contribution in [1.29, 1.82) is 0 Å². The Bertz CT molecular complexity index is 609. The van der Waals surface area contributed by atoms with Crippen LogP contribution < -0.4 is 14.2 Å². The molecule has 6 nitrogen and oxygen atoms in total. The molecule has 0 aliphatic carbocycles. The van der Waals surface area contributed by atoms with Gasteiger partial charge in [-0.25, -0.2) is 4.79 Å². The summed E-state index contributed by atoms with van der Waals surface area (Å²) in [5, 5.41) is 0. The lowest BCUT2D eigenvalue weighted by Crippen LogP contribution is -2.17. The minimum atomic E-state index is -0.741. The van der Waals surface area contributed by atoms with E-state index in [4.69, 9.17) is 30.5 Å². The van der Waals surface area contributed by atoms with E-state index >= 15 is 0 Å². The first-order valence-electron chi connectivity index (χ1n) is 6.80. The first-order valence-corrected chi connectivity index (χ1v) is 7.33. The fourth-order valence-corrected chi connectivity index (χ4v) is 2.00. The van der Waals surface area contributed by atoms with Crippen LogP contribution in [-0.2, 0) is 14.3 Å². The van der Waals surface area contributed by atoms with E-state index in [1.165, 1.54) is 27.4 Å². The largest absolute Gasteiger partial charge is 0.496 e. The lowest BCUT2D eigenvalue weighted by molar-refractivity contribution is -0.139. The highest BCUT2D eigenvalue weighted by atomic mass is 35.5. The minimum Gasteiger partial charge on any atom is -0.496 e. The molecule has 0 radical (unpaired) electrons. The number of Topliss-reactive ketones (excluding diaryl/α,β-unsaturated/α-hetero) is 1. The molecule has 0 amide bonds. The minimum absolute atomic E-state index is 0.148. The molecule has 0 bridgehead atoms. The van der Waals surface area contributed by atoms with E-state index in [1.807, 2.05) is 0 Å². The van der Waals surface area contributed by atoms with Gasteiger partial charge in [0.05, 0.1) is 33.8 Å². The van der Waals surface area contributed by atoms with Crippen molar-refractivity contribution in [3.05, 3.63) is 23.3 Å². The highest BCUT2D eigenvalue weighted by molar-refractivity contribution is 6.35. The van der Waals surface area contributed by atoms with E-state index < -0.39 is 11.8 Å². The zero-order valence-electron chi connectivity index (χ0n) is 13.5. The molecule has 7 heteroatoms. The van der Waals surface area contributed by atoms with Crippen LogP contribution in [0.3, 0.4) is 0 Å². The Morgan fingerprint density at radius 1 is 1.04 bits per heavy atom. The number of esters is 1. The first-order chi connectivity index (χ1) is 11.0. The molecule has 0 saturated heterocycles. The molecular formula is C16H19ClO6. The van der Waals surface area contributed by atoms with Crippen molar-refractivity contribution >= 4 is 29.4 Å². The molecule has 1 rings (SSSR count). The second kappa shape index (κ2) is 9.05. The summed E-state index contributed by atoms with van der Waals surface area (Å²) >= 11 is 5.56. The lowest BCUT2D eigenvalue weighted by atomic mass is 10.1. The fourth-order valence-electron chi connectivity index (χ4n) is 1.86. The van der Waals surface area contributed by atoms with Crippen LogP contribution in [-0.4, -0.2) is 45.6 Å². The first kappa shape index (κ1) is 18.8. The maximum Gasteiger partial charge on any atom is 0.341 e. The molecule has 0 unspecified atom stereocenters. The second-order valence-electron chi connectivity index (χ2n) is 4.28. The maximum absolute atomic E-state index is 12.0. The van der Waals surface area contributed by atoms with Gasteiger partial charge >= 0.3 is 5.97 Å². The molecule has 0 N–H and O–H groups in total. The number of benzene rings is 1. The van der Waals surface area contributed by atoms with Crippen molar-refractivity contribution in [3.8, 4) is 17.2 Å². The Hall–Kier alpha value is -2.21. The predicted molar refractivity (Wildman–Crippen MR) is 86.4 cm³/mol. The summed E-state index contributed by atoms with van der Waals surface area (Å²) in [6, 6.07) is 3.19. The van der Waals surface area contributed by atoms with Crippen molar-refractivity contribution in [2.75, 3.05) is 33.8 Å². The standard InChI is InChI=1S/C16H19ClO6/c1-5-23-16(19)11(12(18)9-17)6-10-7-14(21-3)15(22-4)8-13(10)20-2/h6-8H,5,9H2,1-4H3/b11-6-. The summed E-state index contributed by atoms with van der Waals surface area (Å²) < 4.78 is 20.6. The Kier molecular flexibility index (Phi) is 7.41. The van der Waals surface area contributed by atoms with Crippen molar-refractivity contribution in [3.63, 3.8) is 0 Å². The van der Waals surface area contributed by atoms with E-state index in [0.29, 0.717) is 22.8 Å². The van der Waals surface area contributed by atoms with Crippen molar-refractivity contribution < 1.29 is 28.5 Å². The number of hydrogen-bond donors (Lipinski definition) is 0. The molecule has 0 aliphatic heterocycles. The molecule has 0 aliphatic rings. The molecule has 1 aromatic carbocycles. The van der Waals surface area contributed by atoms with Gasteiger partial charge in [0.15, 0.2) is 17.3 Å². The summed E-state index contributed by atoms with van der Waals surface area (Å²) in [5.74, 6) is -0.312. The fraction of sp³-hybridized carbons (Fsp3) is 0.375.